The summed E-state index contributed by atoms with van der Waals surface area (Å²) in [5.74, 6) is 0.288. The average molecular weight is 437 g/mol. The Kier molecular flexibility index (Phi) is 6.41. The van der Waals surface area contributed by atoms with Crippen molar-refractivity contribution in [2.24, 2.45) is 0 Å². The van der Waals surface area contributed by atoms with Gasteiger partial charge in [0.1, 0.15) is 0 Å². The summed E-state index contributed by atoms with van der Waals surface area (Å²) in [5.41, 5.74) is 3.50. The quantitative estimate of drug-likeness (QED) is 0.594. The van der Waals surface area contributed by atoms with Crippen LogP contribution in [0.25, 0.3) is 0 Å². The molecule has 2 amide bonds. The maximum Gasteiger partial charge on any atom is 0.251 e. The predicted octanol–water partition coefficient (Wildman–Crippen LogP) is 4.95. The fraction of sp³-hybridized carbons (Fsp3) is 0.167. The topological polar surface area (TPSA) is 49.4 Å². The number of anilines is 1. The lowest BCUT2D eigenvalue weighted by molar-refractivity contribution is -0.116. The highest BCUT2D eigenvalue weighted by molar-refractivity contribution is 8.00. The van der Waals surface area contributed by atoms with Crippen LogP contribution in [-0.2, 0) is 17.8 Å². The van der Waals surface area contributed by atoms with Crippen LogP contribution in [-0.4, -0.2) is 24.1 Å². The van der Waals surface area contributed by atoms with E-state index < -0.39 is 0 Å². The van der Waals surface area contributed by atoms with Crippen LogP contribution in [0, 0.1) is 0 Å². The van der Waals surface area contributed by atoms with Gasteiger partial charge in [-0.3, -0.25) is 9.59 Å². The molecule has 1 N–H and O–H groups in total. The van der Waals surface area contributed by atoms with E-state index in [2.05, 4.69) is 5.32 Å². The molecule has 1 aliphatic rings. The normalized spacial score (nSPS) is 13.1. The summed E-state index contributed by atoms with van der Waals surface area (Å²) in [5, 5.41) is 3.63. The predicted molar refractivity (Wildman–Crippen MR) is 122 cm³/mol. The number of fused-ring (bicyclic) bond motifs is 1. The van der Waals surface area contributed by atoms with Gasteiger partial charge in [0, 0.05) is 22.0 Å². The molecule has 0 radical (unpaired) electrons. The zero-order chi connectivity index (χ0) is 20.9. The maximum atomic E-state index is 12.7. The molecular weight excluding hydrogens is 416 g/mol. The van der Waals surface area contributed by atoms with Crippen molar-refractivity contribution in [3.63, 3.8) is 0 Å². The summed E-state index contributed by atoms with van der Waals surface area (Å²) >= 11 is 7.48. The Balaban J connectivity index is 1.48. The molecule has 152 valence electrons. The number of nitrogens with one attached hydrogen (secondary N) is 1. The minimum atomic E-state index is -0.136. The largest absolute Gasteiger partial charge is 0.352 e. The molecule has 0 spiro atoms. The van der Waals surface area contributed by atoms with E-state index in [-0.39, 0.29) is 11.8 Å². The minimum Gasteiger partial charge on any atom is -0.352 e. The summed E-state index contributed by atoms with van der Waals surface area (Å²) in [4.78, 5) is 28.0. The van der Waals surface area contributed by atoms with Gasteiger partial charge >= 0.3 is 0 Å². The van der Waals surface area contributed by atoms with Crippen molar-refractivity contribution >= 4 is 40.9 Å². The Morgan fingerprint density at radius 1 is 1.00 bits per heavy atom. The molecule has 3 aromatic carbocycles. The second-order valence-electron chi connectivity index (χ2n) is 7.07. The third-order valence-electron chi connectivity index (χ3n) is 4.96. The lowest BCUT2D eigenvalue weighted by Gasteiger charge is -2.29. The first-order valence-electron chi connectivity index (χ1n) is 9.74. The highest BCUT2D eigenvalue weighted by Gasteiger charge is 2.26. The monoisotopic (exact) mass is 436 g/mol. The Morgan fingerprint density at radius 2 is 1.77 bits per heavy atom. The first-order chi connectivity index (χ1) is 14.6. The maximum absolute atomic E-state index is 12.7. The third-order valence-corrected chi connectivity index (χ3v) is 6.26. The van der Waals surface area contributed by atoms with E-state index >= 15 is 0 Å². The van der Waals surface area contributed by atoms with E-state index in [0.29, 0.717) is 29.4 Å². The van der Waals surface area contributed by atoms with Crippen LogP contribution in [0.5, 0.6) is 0 Å². The molecule has 30 heavy (non-hydrogen) atoms. The van der Waals surface area contributed by atoms with Crippen molar-refractivity contribution in [2.75, 3.05) is 17.2 Å². The molecule has 0 bridgehead atoms. The lowest BCUT2D eigenvalue weighted by atomic mass is 10.1. The van der Waals surface area contributed by atoms with E-state index in [9.17, 15) is 9.59 Å². The molecule has 0 aromatic heterocycles. The molecule has 1 heterocycles. The summed E-state index contributed by atoms with van der Waals surface area (Å²) in [7, 11) is 0. The van der Waals surface area contributed by atoms with E-state index in [1.54, 1.807) is 4.90 Å². The van der Waals surface area contributed by atoms with Crippen LogP contribution in [0.4, 0.5) is 5.69 Å². The Bertz CT molecular complexity index is 1050. The van der Waals surface area contributed by atoms with Crippen LogP contribution in [0.1, 0.15) is 21.5 Å². The zero-order valence-corrected chi connectivity index (χ0v) is 17.9. The van der Waals surface area contributed by atoms with Crippen molar-refractivity contribution in [3.8, 4) is 0 Å². The van der Waals surface area contributed by atoms with Crippen LogP contribution in [0.15, 0.2) is 77.7 Å². The Morgan fingerprint density at radius 3 is 2.53 bits per heavy atom. The number of amides is 2. The number of halogens is 1. The van der Waals surface area contributed by atoms with Crippen molar-refractivity contribution in [2.45, 2.75) is 17.9 Å². The average Bonchev–Trinajstić information content (AvgIpc) is 2.77. The molecule has 1 aliphatic heterocycles. The Hall–Kier alpha value is -2.76. The molecule has 0 aliphatic carbocycles. The number of thioether (sulfide) groups is 1. The minimum absolute atomic E-state index is 0.0316. The first-order valence-corrected chi connectivity index (χ1v) is 11.1. The Labute approximate surface area is 185 Å². The van der Waals surface area contributed by atoms with Gasteiger partial charge in [0.2, 0.25) is 5.91 Å². The van der Waals surface area contributed by atoms with Crippen LogP contribution in [0.2, 0.25) is 5.02 Å². The van der Waals surface area contributed by atoms with Gasteiger partial charge in [-0.15, -0.1) is 11.8 Å². The standard InChI is InChI=1S/C24H21ClN2O2S/c25-20-9-6-18(7-10-20)15-27-21-14-19(8-11-22(21)30-16-23(27)28)24(29)26-13-12-17-4-2-1-3-5-17/h1-11,14H,12-13,15-16H2,(H,26,29). The van der Waals surface area contributed by atoms with Gasteiger partial charge in [0.25, 0.3) is 5.91 Å². The number of carbonyl (C=O) groups is 2. The van der Waals surface area contributed by atoms with Crippen LogP contribution in [0.3, 0.4) is 0 Å². The number of rotatable bonds is 6. The molecule has 4 nitrogen and oxygen atoms in total. The second-order valence-corrected chi connectivity index (χ2v) is 8.52. The van der Waals surface area contributed by atoms with E-state index in [1.807, 2.05) is 72.8 Å². The van der Waals surface area contributed by atoms with Gasteiger partial charge < -0.3 is 10.2 Å². The van der Waals surface area contributed by atoms with E-state index in [0.717, 1.165) is 22.6 Å². The molecule has 0 atom stereocenters. The van der Waals surface area contributed by atoms with E-state index in [1.165, 1.54) is 17.3 Å². The van der Waals surface area contributed by atoms with Gasteiger partial charge in [-0.2, -0.15) is 0 Å². The number of hydrogen-bond donors (Lipinski definition) is 1. The highest BCUT2D eigenvalue weighted by Crippen LogP contribution is 2.37. The van der Waals surface area contributed by atoms with Crippen molar-refractivity contribution in [3.05, 3.63) is 94.5 Å². The molecular formula is C24H21ClN2O2S. The molecule has 0 saturated carbocycles. The smallest absolute Gasteiger partial charge is 0.251 e. The lowest BCUT2D eigenvalue weighted by Crippen LogP contribution is -2.35. The van der Waals surface area contributed by atoms with Crippen LogP contribution < -0.4 is 10.2 Å². The first kappa shape index (κ1) is 20.5. The third kappa shape index (κ3) is 4.86. The molecule has 6 heteroatoms. The molecule has 3 aromatic rings. The van der Waals surface area contributed by atoms with Crippen LogP contribution >= 0.6 is 23.4 Å². The molecule has 0 unspecified atom stereocenters. The van der Waals surface area contributed by atoms with E-state index in [4.69, 9.17) is 11.6 Å². The fourth-order valence-corrected chi connectivity index (χ4v) is 4.40. The molecule has 4 rings (SSSR count). The van der Waals surface area contributed by atoms with Crippen molar-refractivity contribution < 1.29 is 9.59 Å². The molecule has 0 fully saturated rings. The number of nitrogens with zero attached hydrogens (tertiary/aromatic N) is 1. The zero-order valence-electron chi connectivity index (χ0n) is 16.3. The van der Waals surface area contributed by atoms with Crippen molar-refractivity contribution in [1.29, 1.82) is 0 Å². The van der Waals surface area contributed by atoms with Gasteiger partial charge in [-0.25, -0.2) is 0 Å². The summed E-state index contributed by atoms with van der Waals surface area (Å²) in [6.45, 7) is 1.00. The summed E-state index contributed by atoms with van der Waals surface area (Å²) in [6, 6.07) is 23.1. The number of hydrogen-bond acceptors (Lipinski definition) is 3. The number of carbonyl (C=O) groups excluding carboxylic acids is 2. The summed E-state index contributed by atoms with van der Waals surface area (Å²) in [6.07, 6.45) is 0.772. The van der Waals surface area contributed by atoms with Gasteiger partial charge in [-0.1, -0.05) is 54.1 Å². The second kappa shape index (κ2) is 9.37. The fourth-order valence-electron chi connectivity index (χ4n) is 3.36. The van der Waals surface area contributed by atoms with Gasteiger partial charge in [0.15, 0.2) is 0 Å². The SMILES string of the molecule is O=C(NCCc1ccccc1)c1ccc2c(c1)N(Cc1ccc(Cl)cc1)C(=O)CS2. The van der Waals surface area contributed by atoms with Gasteiger partial charge in [0.05, 0.1) is 18.0 Å². The van der Waals surface area contributed by atoms with Crippen molar-refractivity contribution in [1.82, 2.24) is 5.32 Å². The number of benzene rings is 3. The highest BCUT2D eigenvalue weighted by atomic mass is 35.5. The summed E-state index contributed by atoms with van der Waals surface area (Å²) < 4.78 is 0. The van der Waals surface area contributed by atoms with Gasteiger partial charge in [-0.05, 0) is 47.9 Å². The molecule has 0 saturated heterocycles.